The van der Waals surface area contributed by atoms with E-state index in [4.69, 9.17) is 16.3 Å². The zero-order valence-electron chi connectivity index (χ0n) is 15.6. The lowest BCUT2D eigenvalue weighted by Gasteiger charge is -2.34. The summed E-state index contributed by atoms with van der Waals surface area (Å²) in [5, 5.41) is 0.541. The molecule has 1 aliphatic heterocycles. The molecule has 6 nitrogen and oxygen atoms in total. The van der Waals surface area contributed by atoms with Gasteiger partial charge in [-0.15, -0.1) is 0 Å². The maximum absolute atomic E-state index is 12.7. The molecule has 3 rings (SSSR count). The first-order chi connectivity index (χ1) is 14.1. The summed E-state index contributed by atoms with van der Waals surface area (Å²) in [6.07, 6.45) is -4.54. The molecule has 0 radical (unpaired) electrons. The minimum Gasteiger partial charge on any atom is -0.484 e. The van der Waals surface area contributed by atoms with Crippen molar-refractivity contribution < 1.29 is 31.1 Å². The van der Waals surface area contributed by atoms with E-state index in [1.165, 1.54) is 4.90 Å². The maximum atomic E-state index is 12.7. The molecule has 162 valence electrons. The molecule has 1 fully saturated rings. The molecular formula is C19H18ClF3N2O4S. The third kappa shape index (κ3) is 5.24. The Balaban J connectivity index is 1.56. The number of benzene rings is 2. The fraction of sp³-hybridized carbons (Fsp3) is 0.316. The zero-order valence-corrected chi connectivity index (χ0v) is 17.2. The van der Waals surface area contributed by atoms with Crippen LogP contribution in [0.5, 0.6) is 5.75 Å². The van der Waals surface area contributed by atoms with Crippen molar-refractivity contribution in [1.29, 1.82) is 0 Å². The van der Waals surface area contributed by atoms with Gasteiger partial charge in [-0.2, -0.15) is 17.5 Å². The van der Waals surface area contributed by atoms with Crippen molar-refractivity contribution in [3.8, 4) is 5.75 Å². The Bertz CT molecular complexity index is 988. The summed E-state index contributed by atoms with van der Waals surface area (Å²) in [5.74, 6) is 0.188. The summed E-state index contributed by atoms with van der Waals surface area (Å²) >= 11 is 5.78. The minimum absolute atomic E-state index is 0.0377. The number of rotatable bonds is 5. The van der Waals surface area contributed by atoms with Crippen molar-refractivity contribution >= 4 is 27.5 Å². The standard InChI is InChI=1S/C19H18ClF3N2O4S/c20-15-3-5-16(6-4-15)29-13-18(26)24-9-11-25(12-10-24)30(27,28)17-7-1-14(2-8-17)19(21,22)23/h1-8H,9-13H2. The maximum Gasteiger partial charge on any atom is 0.416 e. The number of ether oxygens (including phenoxy) is 1. The molecule has 2 aromatic rings. The summed E-state index contributed by atoms with van der Waals surface area (Å²) in [7, 11) is -3.95. The van der Waals surface area contributed by atoms with E-state index in [1.54, 1.807) is 24.3 Å². The highest BCUT2D eigenvalue weighted by molar-refractivity contribution is 7.89. The fourth-order valence-electron chi connectivity index (χ4n) is 2.91. The average molecular weight is 463 g/mol. The van der Waals surface area contributed by atoms with E-state index in [9.17, 15) is 26.4 Å². The van der Waals surface area contributed by atoms with Crippen LogP contribution >= 0.6 is 11.6 Å². The van der Waals surface area contributed by atoms with Gasteiger partial charge in [-0.05, 0) is 48.5 Å². The molecule has 0 aliphatic carbocycles. The third-order valence-electron chi connectivity index (χ3n) is 4.59. The van der Waals surface area contributed by atoms with E-state index >= 15 is 0 Å². The van der Waals surface area contributed by atoms with Gasteiger partial charge in [0.1, 0.15) is 5.75 Å². The SMILES string of the molecule is O=C(COc1ccc(Cl)cc1)N1CCN(S(=O)(=O)c2ccc(C(F)(F)F)cc2)CC1. The van der Waals surface area contributed by atoms with Crippen LogP contribution in [0, 0.1) is 0 Å². The van der Waals surface area contributed by atoms with Gasteiger partial charge in [-0.3, -0.25) is 4.79 Å². The Morgan fingerprint density at radius 2 is 1.53 bits per heavy atom. The van der Waals surface area contributed by atoms with Gasteiger partial charge < -0.3 is 9.64 Å². The molecule has 0 aromatic heterocycles. The van der Waals surface area contributed by atoms with Crippen LogP contribution in [0.15, 0.2) is 53.4 Å². The number of carbonyl (C=O) groups excluding carboxylic acids is 1. The van der Waals surface area contributed by atoms with Crippen molar-refractivity contribution in [1.82, 2.24) is 9.21 Å². The van der Waals surface area contributed by atoms with Gasteiger partial charge in [-0.1, -0.05) is 11.6 Å². The lowest BCUT2D eigenvalue weighted by atomic mass is 10.2. The van der Waals surface area contributed by atoms with Crippen molar-refractivity contribution in [2.75, 3.05) is 32.8 Å². The highest BCUT2D eigenvalue weighted by Gasteiger charge is 2.33. The van der Waals surface area contributed by atoms with E-state index in [1.807, 2.05) is 0 Å². The second-order valence-electron chi connectivity index (χ2n) is 6.55. The molecule has 0 bridgehead atoms. The monoisotopic (exact) mass is 462 g/mol. The molecule has 0 atom stereocenters. The molecule has 0 N–H and O–H groups in total. The quantitative estimate of drug-likeness (QED) is 0.684. The molecule has 1 amide bonds. The average Bonchev–Trinajstić information content (AvgIpc) is 2.72. The number of amides is 1. The molecule has 11 heteroatoms. The minimum atomic E-state index is -4.54. The van der Waals surface area contributed by atoms with Crippen LogP contribution < -0.4 is 4.74 Å². The zero-order chi connectivity index (χ0) is 21.9. The number of alkyl halides is 3. The van der Waals surface area contributed by atoms with E-state index < -0.39 is 21.8 Å². The van der Waals surface area contributed by atoms with Gasteiger partial charge in [0.25, 0.3) is 5.91 Å². The first kappa shape index (κ1) is 22.4. The second-order valence-corrected chi connectivity index (χ2v) is 8.92. The summed E-state index contributed by atoms with van der Waals surface area (Å²) in [6, 6.07) is 9.87. The molecular weight excluding hydrogens is 445 g/mol. The Hall–Kier alpha value is -2.30. The molecule has 2 aromatic carbocycles. The lowest BCUT2D eigenvalue weighted by Crippen LogP contribution is -2.51. The van der Waals surface area contributed by atoms with Crippen molar-refractivity contribution in [3.63, 3.8) is 0 Å². The summed E-state index contributed by atoms with van der Waals surface area (Å²) in [4.78, 5) is 13.6. The Morgan fingerprint density at radius 1 is 0.967 bits per heavy atom. The van der Waals surface area contributed by atoms with Gasteiger partial charge in [-0.25, -0.2) is 8.42 Å². The van der Waals surface area contributed by atoms with E-state index in [0.717, 1.165) is 28.6 Å². The number of carbonyl (C=O) groups is 1. The highest BCUT2D eigenvalue weighted by atomic mass is 35.5. The lowest BCUT2D eigenvalue weighted by molar-refractivity contribution is -0.137. The van der Waals surface area contributed by atoms with Gasteiger partial charge >= 0.3 is 6.18 Å². The van der Waals surface area contributed by atoms with Crippen molar-refractivity contribution in [3.05, 3.63) is 59.1 Å². The number of nitrogens with zero attached hydrogens (tertiary/aromatic N) is 2. The van der Waals surface area contributed by atoms with E-state index in [0.29, 0.717) is 10.8 Å². The van der Waals surface area contributed by atoms with Crippen LogP contribution in [-0.2, 0) is 21.0 Å². The van der Waals surface area contributed by atoms with Crippen molar-refractivity contribution in [2.24, 2.45) is 0 Å². The number of piperazine rings is 1. The normalized spacial score (nSPS) is 15.8. The first-order valence-corrected chi connectivity index (χ1v) is 10.7. The number of halogens is 4. The van der Waals surface area contributed by atoms with Crippen LogP contribution in [0.2, 0.25) is 5.02 Å². The largest absolute Gasteiger partial charge is 0.484 e. The van der Waals surface area contributed by atoms with Crippen molar-refractivity contribution in [2.45, 2.75) is 11.1 Å². The molecule has 0 unspecified atom stereocenters. The molecule has 30 heavy (non-hydrogen) atoms. The molecule has 1 saturated heterocycles. The first-order valence-electron chi connectivity index (χ1n) is 8.91. The molecule has 0 spiro atoms. The van der Waals surface area contributed by atoms with Gasteiger partial charge in [0.15, 0.2) is 6.61 Å². The van der Waals surface area contributed by atoms with E-state index in [-0.39, 0.29) is 43.6 Å². The van der Waals surface area contributed by atoms with Crippen LogP contribution in [0.4, 0.5) is 13.2 Å². The predicted octanol–water partition coefficient (Wildman–Crippen LogP) is 3.27. The number of sulfonamides is 1. The predicted molar refractivity (Wildman–Crippen MR) is 104 cm³/mol. The van der Waals surface area contributed by atoms with Gasteiger partial charge in [0, 0.05) is 31.2 Å². The van der Waals surface area contributed by atoms with Crippen LogP contribution in [-0.4, -0.2) is 56.3 Å². The summed E-state index contributed by atoms with van der Waals surface area (Å²) in [5.41, 5.74) is -0.919. The van der Waals surface area contributed by atoms with E-state index in [2.05, 4.69) is 0 Å². The number of hydrogen-bond acceptors (Lipinski definition) is 4. The number of hydrogen-bond donors (Lipinski definition) is 0. The van der Waals surface area contributed by atoms with Gasteiger partial charge in [0.2, 0.25) is 10.0 Å². The topological polar surface area (TPSA) is 66.9 Å². The highest BCUT2D eigenvalue weighted by Crippen LogP contribution is 2.30. The molecule has 1 aliphatic rings. The second kappa shape index (κ2) is 8.83. The summed E-state index contributed by atoms with van der Waals surface area (Å²) < 4.78 is 69.9. The Labute approximate surface area is 176 Å². The molecule has 1 heterocycles. The van der Waals surface area contributed by atoms with Crippen LogP contribution in [0.1, 0.15) is 5.56 Å². The summed E-state index contributed by atoms with van der Waals surface area (Å²) in [6.45, 7) is 0.185. The molecule has 0 saturated carbocycles. The smallest absolute Gasteiger partial charge is 0.416 e. The van der Waals surface area contributed by atoms with Crippen LogP contribution in [0.3, 0.4) is 0 Å². The Morgan fingerprint density at radius 3 is 2.07 bits per heavy atom. The van der Waals surface area contributed by atoms with Crippen LogP contribution in [0.25, 0.3) is 0 Å². The van der Waals surface area contributed by atoms with Gasteiger partial charge in [0.05, 0.1) is 10.5 Å². The fourth-order valence-corrected chi connectivity index (χ4v) is 4.46. The Kier molecular flexibility index (Phi) is 6.59. The third-order valence-corrected chi connectivity index (χ3v) is 6.75.